The summed E-state index contributed by atoms with van der Waals surface area (Å²) < 4.78 is 0. The Labute approximate surface area is 127 Å². The first-order valence-electron chi connectivity index (χ1n) is 7.05. The number of carboxylic acids is 1. The fourth-order valence-corrected chi connectivity index (χ4v) is 3.28. The Balaban J connectivity index is 2.06. The number of nitrogens with one attached hydrogen (secondary N) is 1. The third kappa shape index (κ3) is 4.41. The van der Waals surface area contributed by atoms with E-state index >= 15 is 0 Å². The monoisotopic (exact) mass is 309 g/mol. The zero-order valence-corrected chi connectivity index (χ0v) is 12.4. The molecule has 21 heavy (non-hydrogen) atoms. The van der Waals surface area contributed by atoms with Crippen LogP contribution in [0.25, 0.3) is 6.08 Å². The summed E-state index contributed by atoms with van der Waals surface area (Å²) in [5.41, 5.74) is 0.586. The number of aliphatic hydroxyl groups excluding tert-OH is 1. The van der Waals surface area contributed by atoms with Crippen molar-refractivity contribution in [3.05, 3.63) is 28.0 Å². The molecule has 1 aliphatic carbocycles. The van der Waals surface area contributed by atoms with E-state index in [1.54, 1.807) is 11.4 Å². The normalized spacial score (nSPS) is 22.9. The van der Waals surface area contributed by atoms with E-state index in [0.29, 0.717) is 16.9 Å². The molecule has 0 radical (unpaired) electrons. The van der Waals surface area contributed by atoms with Crippen molar-refractivity contribution in [3.8, 4) is 0 Å². The third-order valence-corrected chi connectivity index (χ3v) is 4.53. The van der Waals surface area contributed by atoms with E-state index in [2.05, 4.69) is 5.32 Å². The number of rotatable bonds is 4. The first-order valence-corrected chi connectivity index (χ1v) is 7.93. The summed E-state index contributed by atoms with van der Waals surface area (Å²) in [4.78, 5) is 23.3. The number of amides is 1. The van der Waals surface area contributed by atoms with Crippen molar-refractivity contribution in [1.82, 2.24) is 5.32 Å². The van der Waals surface area contributed by atoms with Crippen molar-refractivity contribution >= 4 is 29.3 Å². The molecule has 0 aliphatic heterocycles. The number of carboxylic acid groups (broad SMARTS) is 1. The Kier molecular flexibility index (Phi) is 5.52. The van der Waals surface area contributed by atoms with Crippen LogP contribution in [0.1, 0.15) is 47.3 Å². The van der Waals surface area contributed by atoms with Gasteiger partial charge in [-0.05, 0) is 35.9 Å². The van der Waals surface area contributed by atoms with E-state index < -0.39 is 12.1 Å². The van der Waals surface area contributed by atoms with Crippen molar-refractivity contribution in [2.24, 2.45) is 0 Å². The highest BCUT2D eigenvalue weighted by Crippen LogP contribution is 2.21. The number of thiophene rings is 1. The number of hydrogen-bond acceptors (Lipinski definition) is 4. The first-order chi connectivity index (χ1) is 10.1. The lowest BCUT2D eigenvalue weighted by Gasteiger charge is -2.21. The largest absolute Gasteiger partial charge is 0.478 e. The molecule has 1 heterocycles. The van der Waals surface area contributed by atoms with Gasteiger partial charge in [0, 0.05) is 6.08 Å². The molecule has 5 nitrogen and oxygen atoms in total. The van der Waals surface area contributed by atoms with E-state index in [4.69, 9.17) is 5.11 Å². The van der Waals surface area contributed by atoms with Gasteiger partial charge in [-0.3, -0.25) is 4.79 Å². The minimum Gasteiger partial charge on any atom is -0.478 e. The molecule has 0 bridgehead atoms. The van der Waals surface area contributed by atoms with Crippen LogP contribution in [0.15, 0.2) is 17.5 Å². The minimum absolute atomic E-state index is 0.224. The summed E-state index contributed by atoms with van der Waals surface area (Å²) in [6, 6.07) is 1.49. The van der Waals surface area contributed by atoms with Gasteiger partial charge in [0.1, 0.15) is 0 Å². The molecule has 2 unspecified atom stereocenters. The Bertz CT molecular complexity index is 538. The van der Waals surface area contributed by atoms with E-state index in [1.807, 2.05) is 0 Å². The lowest BCUT2D eigenvalue weighted by Crippen LogP contribution is -2.42. The van der Waals surface area contributed by atoms with Crippen LogP contribution < -0.4 is 5.32 Å². The Hall–Kier alpha value is -1.66. The molecular weight excluding hydrogens is 290 g/mol. The summed E-state index contributed by atoms with van der Waals surface area (Å²) in [6.45, 7) is 0. The molecule has 0 saturated heterocycles. The van der Waals surface area contributed by atoms with Gasteiger partial charge in [0.25, 0.3) is 5.91 Å². The predicted octanol–water partition coefficient (Wildman–Crippen LogP) is 2.27. The molecule has 1 amide bonds. The van der Waals surface area contributed by atoms with Crippen LogP contribution >= 0.6 is 11.3 Å². The molecule has 2 atom stereocenters. The van der Waals surface area contributed by atoms with Gasteiger partial charge in [-0.2, -0.15) is 0 Å². The second-order valence-corrected chi connectivity index (χ2v) is 6.08. The van der Waals surface area contributed by atoms with Crippen LogP contribution in [0.5, 0.6) is 0 Å². The van der Waals surface area contributed by atoms with Gasteiger partial charge in [-0.1, -0.05) is 19.3 Å². The van der Waals surface area contributed by atoms with Crippen molar-refractivity contribution in [2.45, 2.75) is 44.2 Å². The maximum atomic E-state index is 12.3. The molecule has 114 valence electrons. The van der Waals surface area contributed by atoms with Gasteiger partial charge in [0.05, 0.1) is 17.0 Å². The van der Waals surface area contributed by atoms with Gasteiger partial charge in [-0.25, -0.2) is 4.79 Å². The molecular formula is C15H19NO4S. The van der Waals surface area contributed by atoms with Crippen LogP contribution in [0.4, 0.5) is 0 Å². The molecule has 2 rings (SSSR count). The summed E-state index contributed by atoms with van der Waals surface area (Å²) in [7, 11) is 0. The first kappa shape index (κ1) is 15.7. The summed E-state index contributed by atoms with van der Waals surface area (Å²) in [6.07, 6.45) is 6.47. The van der Waals surface area contributed by atoms with E-state index in [9.17, 15) is 14.7 Å². The summed E-state index contributed by atoms with van der Waals surface area (Å²) in [5.74, 6) is -1.30. The summed E-state index contributed by atoms with van der Waals surface area (Å²) in [5, 5.41) is 23.3. The molecule has 1 aromatic rings. The number of aliphatic carboxylic acids is 1. The summed E-state index contributed by atoms with van der Waals surface area (Å²) >= 11 is 1.27. The average Bonchev–Trinajstić information content (AvgIpc) is 2.82. The minimum atomic E-state index is -1.05. The standard InChI is InChI=1S/C15H19NO4S/c17-12-5-3-1-2-4-11(12)16-15(20)14-10(8-9-21-14)6-7-13(18)19/h6-9,11-12,17H,1-5H2,(H,16,20)(H,18,19)/b7-6+. The second kappa shape index (κ2) is 7.38. The van der Waals surface area contributed by atoms with E-state index in [0.717, 1.165) is 31.8 Å². The molecule has 1 saturated carbocycles. The maximum absolute atomic E-state index is 12.3. The lowest BCUT2D eigenvalue weighted by molar-refractivity contribution is -0.131. The van der Waals surface area contributed by atoms with Crippen molar-refractivity contribution in [3.63, 3.8) is 0 Å². The van der Waals surface area contributed by atoms with Crippen LogP contribution in [0.3, 0.4) is 0 Å². The van der Waals surface area contributed by atoms with Gasteiger partial charge in [0.15, 0.2) is 0 Å². The second-order valence-electron chi connectivity index (χ2n) is 5.16. The number of aliphatic hydroxyl groups is 1. The smallest absolute Gasteiger partial charge is 0.328 e. The highest BCUT2D eigenvalue weighted by atomic mass is 32.1. The molecule has 6 heteroatoms. The van der Waals surface area contributed by atoms with Crippen LogP contribution in [0.2, 0.25) is 0 Å². The maximum Gasteiger partial charge on any atom is 0.328 e. The van der Waals surface area contributed by atoms with Gasteiger partial charge in [-0.15, -0.1) is 11.3 Å². The zero-order chi connectivity index (χ0) is 15.2. The predicted molar refractivity (Wildman–Crippen MR) is 81.3 cm³/mol. The fraction of sp³-hybridized carbons (Fsp3) is 0.467. The lowest BCUT2D eigenvalue weighted by atomic mass is 10.1. The Morgan fingerprint density at radius 1 is 1.29 bits per heavy atom. The highest BCUT2D eigenvalue weighted by Gasteiger charge is 2.24. The SMILES string of the molecule is O=C(O)/C=C/c1ccsc1C(=O)NC1CCCCCC1O. The van der Waals surface area contributed by atoms with Crippen molar-refractivity contribution < 1.29 is 19.8 Å². The topological polar surface area (TPSA) is 86.6 Å². The zero-order valence-electron chi connectivity index (χ0n) is 11.6. The highest BCUT2D eigenvalue weighted by molar-refractivity contribution is 7.12. The Morgan fingerprint density at radius 2 is 2.05 bits per heavy atom. The van der Waals surface area contributed by atoms with Gasteiger partial charge >= 0.3 is 5.97 Å². The fourth-order valence-electron chi connectivity index (χ4n) is 2.49. The van der Waals surface area contributed by atoms with Crippen LogP contribution in [-0.2, 0) is 4.79 Å². The number of carbonyl (C=O) groups is 2. The molecule has 1 aromatic heterocycles. The van der Waals surface area contributed by atoms with Crippen LogP contribution in [-0.4, -0.2) is 34.2 Å². The molecule has 1 fully saturated rings. The van der Waals surface area contributed by atoms with E-state index in [-0.39, 0.29) is 11.9 Å². The number of carbonyl (C=O) groups excluding carboxylic acids is 1. The molecule has 0 spiro atoms. The molecule has 0 aromatic carbocycles. The molecule has 1 aliphatic rings. The van der Waals surface area contributed by atoms with Crippen LogP contribution in [0, 0.1) is 0 Å². The Morgan fingerprint density at radius 3 is 2.81 bits per heavy atom. The van der Waals surface area contributed by atoms with Crippen molar-refractivity contribution in [2.75, 3.05) is 0 Å². The number of hydrogen-bond donors (Lipinski definition) is 3. The third-order valence-electron chi connectivity index (χ3n) is 3.60. The molecule has 3 N–H and O–H groups in total. The quantitative estimate of drug-likeness (QED) is 0.588. The van der Waals surface area contributed by atoms with Gasteiger partial charge in [0.2, 0.25) is 0 Å². The van der Waals surface area contributed by atoms with Gasteiger partial charge < -0.3 is 15.5 Å². The van der Waals surface area contributed by atoms with Crippen molar-refractivity contribution in [1.29, 1.82) is 0 Å². The van der Waals surface area contributed by atoms with E-state index in [1.165, 1.54) is 17.4 Å². The average molecular weight is 309 g/mol.